The van der Waals surface area contributed by atoms with Gasteiger partial charge in [0.1, 0.15) is 18.7 Å². The van der Waals surface area contributed by atoms with Crippen molar-refractivity contribution >= 4 is 23.4 Å². The van der Waals surface area contributed by atoms with Gasteiger partial charge in [-0.05, 0) is 18.2 Å². The molecule has 2 aromatic rings. The largest absolute Gasteiger partial charge is 0.353 e. The highest BCUT2D eigenvalue weighted by Crippen LogP contribution is 2.20. The molecule has 0 atom stereocenters. The zero-order chi connectivity index (χ0) is 18.6. The molecule has 3 amide bonds. The second-order valence-electron chi connectivity index (χ2n) is 6.63. The van der Waals surface area contributed by atoms with E-state index in [0.29, 0.717) is 26.2 Å². The monoisotopic (exact) mass is 366 g/mol. The lowest BCUT2D eigenvalue weighted by Gasteiger charge is -2.36. The molecule has 8 heteroatoms. The lowest BCUT2D eigenvalue weighted by Crippen LogP contribution is -2.51. The summed E-state index contributed by atoms with van der Waals surface area (Å²) < 4.78 is 0. The molecule has 0 saturated carbocycles. The number of rotatable bonds is 4. The van der Waals surface area contributed by atoms with Gasteiger partial charge < -0.3 is 14.7 Å². The number of amides is 3. The molecule has 27 heavy (non-hydrogen) atoms. The number of nitrogens with zero attached hydrogens (tertiary/aromatic N) is 6. The molecule has 0 bridgehead atoms. The summed E-state index contributed by atoms with van der Waals surface area (Å²) in [6.45, 7) is 4.04. The summed E-state index contributed by atoms with van der Waals surface area (Å²) in [4.78, 5) is 40.8. The molecule has 1 aromatic carbocycles. The van der Waals surface area contributed by atoms with Gasteiger partial charge in [0.15, 0.2) is 0 Å². The first-order valence-electron chi connectivity index (χ1n) is 9.12. The normalized spacial score (nSPS) is 17.6. The van der Waals surface area contributed by atoms with E-state index in [2.05, 4.69) is 14.9 Å². The zero-order valence-corrected chi connectivity index (χ0v) is 15.1. The molecule has 8 nitrogen and oxygen atoms in total. The van der Waals surface area contributed by atoms with Crippen LogP contribution in [0, 0.1) is 0 Å². The van der Waals surface area contributed by atoms with Crippen LogP contribution in [0.4, 0.5) is 16.3 Å². The number of anilines is 2. The molecule has 0 aliphatic carbocycles. The van der Waals surface area contributed by atoms with Crippen molar-refractivity contribution in [3.05, 3.63) is 48.9 Å². The predicted octanol–water partition coefficient (Wildman–Crippen LogP) is 1.07. The first-order chi connectivity index (χ1) is 13.2. The molecule has 0 unspecified atom stereocenters. The van der Waals surface area contributed by atoms with Crippen molar-refractivity contribution in [3.8, 4) is 0 Å². The number of piperazine rings is 1. The van der Waals surface area contributed by atoms with Gasteiger partial charge in [0.2, 0.25) is 5.91 Å². The van der Waals surface area contributed by atoms with Crippen LogP contribution < -0.4 is 9.80 Å². The molecule has 4 rings (SSSR count). The predicted molar refractivity (Wildman–Crippen MR) is 102 cm³/mol. The number of carbonyl (C=O) groups excluding carboxylic acids is 2. The van der Waals surface area contributed by atoms with E-state index in [0.717, 1.165) is 24.6 Å². The summed E-state index contributed by atoms with van der Waals surface area (Å²) in [6.07, 6.45) is 3.25. The van der Waals surface area contributed by atoms with E-state index in [1.165, 1.54) is 6.33 Å². The van der Waals surface area contributed by atoms with Gasteiger partial charge in [-0.25, -0.2) is 14.8 Å². The van der Waals surface area contributed by atoms with E-state index in [1.807, 2.05) is 41.3 Å². The molecule has 2 fully saturated rings. The summed E-state index contributed by atoms with van der Waals surface area (Å²) in [5.41, 5.74) is 0.871. The second kappa shape index (κ2) is 7.61. The zero-order valence-electron chi connectivity index (χ0n) is 15.1. The molecule has 0 spiro atoms. The van der Waals surface area contributed by atoms with Crippen LogP contribution in [0.5, 0.6) is 0 Å². The van der Waals surface area contributed by atoms with Crippen LogP contribution in [0.3, 0.4) is 0 Å². The summed E-state index contributed by atoms with van der Waals surface area (Å²) >= 11 is 0. The van der Waals surface area contributed by atoms with Crippen molar-refractivity contribution in [3.63, 3.8) is 0 Å². The Balaban J connectivity index is 1.31. The van der Waals surface area contributed by atoms with E-state index in [1.54, 1.807) is 16.0 Å². The Morgan fingerprint density at radius 1 is 0.963 bits per heavy atom. The van der Waals surface area contributed by atoms with Crippen LogP contribution in [-0.2, 0) is 4.79 Å². The minimum absolute atomic E-state index is 0.000555. The van der Waals surface area contributed by atoms with Crippen molar-refractivity contribution in [2.75, 3.05) is 55.6 Å². The Hall–Kier alpha value is -3.16. The summed E-state index contributed by atoms with van der Waals surface area (Å²) in [7, 11) is 0. The van der Waals surface area contributed by atoms with Gasteiger partial charge in [-0.15, -0.1) is 0 Å². The third kappa shape index (κ3) is 3.69. The van der Waals surface area contributed by atoms with Crippen LogP contribution >= 0.6 is 0 Å². The number of benzene rings is 1. The van der Waals surface area contributed by atoms with Crippen molar-refractivity contribution in [2.24, 2.45) is 0 Å². The Morgan fingerprint density at radius 2 is 1.74 bits per heavy atom. The number of hydrogen-bond acceptors (Lipinski definition) is 5. The maximum absolute atomic E-state index is 12.7. The number of hydrogen-bond donors (Lipinski definition) is 0. The quantitative estimate of drug-likeness (QED) is 0.809. The smallest absolute Gasteiger partial charge is 0.325 e. The molecule has 0 radical (unpaired) electrons. The van der Waals surface area contributed by atoms with Gasteiger partial charge in [0.25, 0.3) is 0 Å². The van der Waals surface area contributed by atoms with E-state index >= 15 is 0 Å². The van der Waals surface area contributed by atoms with E-state index in [-0.39, 0.29) is 18.5 Å². The third-order valence-electron chi connectivity index (χ3n) is 5.01. The third-order valence-corrected chi connectivity index (χ3v) is 5.01. The Kier molecular flexibility index (Phi) is 4.86. The van der Waals surface area contributed by atoms with Crippen LogP contribution in [0.25, 0.3) is 0 Å². The summed E-state index contributed by atoms with van der Waals surface area (Å²) in [6, 6.07) is 11.3. The minimum Gasteiger partial charge on any atom is -0.353 e. The van der Waals surface area contributed by atoms with Crippen LogP contribution in [-0.4, -0.2) is 77.5 Å². The fourth-order valence-electron chi connectivity index (χ4n) is 3.50. The van der Waals surface area contributed by atoms with Crippen LogP contribution in [0.1, 0.15) is 0 Å². The maximum Gasteiger partial charge on any atom is 0.325 e. The average molecular weight is 366 g/mol. The van der Waals surface area contributed by atoms with Crippen molar-refractivity contribution in [1.29, 1.82) is 0 Å². The fraction of sp³-hybridized carbons (Fsp3) is 0.368. The van der Waals surface area contributed by atoms with Gasteiger partial charge in [-0.1, -0.05) is 18.2 Å². The van der Waals surface area contributed by atoms with Crippen molar-refractivity contribution in [2.45, 2.75) is 0 Å². The highest BCUT2D eigenvalue weighted by molar-refractivity contribution is 5.96. The summed E-state index contributed by atoms with van der Waals surface area (Å²) in [5.74, 6) is 0.880. The van der Waals surface area contributed by atoms with Crippen LogP contribution in [0.2, 0.25) is 0 Å². The van der Waals surface area contributed by atoms with E-state index in [9.17, 15) is 9.59 Å². The van der Waals surface area contributed by atoms with Crippen molar-refractivity contribution in [1.82, 2.24) is 19.8 Å². The molecule has 3 heterocycles. The molecule has 140 valence electrons. The first kappa shape index (κ1) is 17.3. The highest BCUT2D eigenvalue weighted by atomic mass is 16.2. The molecule has 2 aliphatic heterocycles. The Morgan fingerprint density at radius 3 is 2.44 bits per heavy atom. The number of urea groups is 1. The fourth-order valence-corrected chi connectivity index (χ4v) is 3.50. The lowest BCUT2D eigenvalue weighted by atomic mass is 10.3. The first-order valence-corrected chi connectivity index (χ1v) is 9.12. The van der Waals surface area contributed by atoms with Gasteiger partial charge in [0.05, 0.1) is 0 Å². The topological polar surface area (TPSA) is 72.9 Å². The lowest BCUT2D eigenvalue weighted by molar-refractivity contribution is -0.131. The van der Waals surface area contributed by atoms with Gasteiger partial charge in [-0.2, -0.15) is 0 Å². The molecule has 0 N–H and O–H groups in total. The molecule has 2 saturated heterocycles. The highest BCUT2D eigenvalue weighted by Gasteiger charge is 2.32. The maximum atomic E-state index is 12.7. The Labute approximate surface area is 158 Å². The van der Waals surface area contributed by atoms with E-state index in [4.69, 9.17) is 0 Å². The number of para-hydroxylation sites is 1. The van der Waals surface area contributed by atoms with Crippen molar-refractivity contribution < 1.29 is 9.59 Å². The number of carbonyl (C=O) groups is 2. The van der Waals surface area contributed by atoms with Gasteiger partial charge in [0, 0.05) is 51.2 Å². The van der Waals surface area contributed by atoms with Gasteiger partial charge in [-0.3, -0.25) is 9.69 Å². The number of aromatic nitrogens is 2. The van der Waals surface area contributed by atoms with E-state index < -0.39 is 0 Å². The molecular weight excluding hydrogens is 344 g/mol. The second-order valence-corrected chi connectivity index (χ2v) is 6.63. The standard InChI is InChI=1S/C19H22N6O2/c26-18(23-10-8-22(9-11-23)17-6-7-20-15-21-17)14-24-12-13-25(19(24)27)16-4-2-1-3-5-16/h1-7,15H,8-14H2. The molecular formula is C19H22N6O2. The summed E-state index contributed by atoms with van der Waals surface area (Å²) in [5, 5.41) is 0. The molecule has 2 aliphatic rings. The SMILES string of the molecule is O=C(CN1CCN(c2ccccc2)C1=O)N1CCN(c2ccncn2)CC1. The average Bonchev–Trinajstić information content (AvgIpc) is 3.09. The minimum atomic E-state index is -0.103. The van der Waals surface area contributed by atoms with Crippen LogP contribution in [0.15, 0.2) is 48.9 Å². The Bertz CT molecular complexity index is 792. The van der Waals surface area contributed by atoms with Gasteiger partial charge >= 0.3 is 6.03 Å². The molecule has 1 aromatic heterocycles.